The van der Waals surface area contributed by atoms with Gasteiger partial charge in [0.25, 0.3) is 0 Å². The van der Waals surface area contributed by atoms with E-state index < -0.39 is 0 Å². The molecule has 1 saturated carbocycles. The molecule has 2 rings (SSSR count). The third-order valence-corrected chi connectivity index (χ3v) is 3.68. The second kappa shape index (κ2) is 4.07. The lowest BCUT2D eigenvalue weighted by Gasteiger charge is -2.42. The van der Waals surface area contributed by atoms with E-state index >= 15 is 0 Å². The molecule has 1 heterocycles. The molecule has 0 aliphatic heterocycles. The Morgan fingerprint density at radius 2 is 2.29 bits per heavy atom. The van der Waals surface area contributed by atoms with Crippen LogP contribution in [0.15, 0.2) is 21.2 Å². The molecule has 14 heavy (non-hydrogen) atoms. The molecule has 1 aliphatic carbocycles. The van der Waals surface area contributed by atoms with Gasteiger partial charge in [-0.25, -0.2) is 0 Å². The van der Waals surface area contributed by atoms with Gasteiger partial charge in [0, 0.05) is 5.54 Å². The van der Waals surface area contributed by atoms with Gasteiger partial charge in [0.1, 0.15) is 5.76 Å². The predicted octanol–water partition coefficient (Wildman–Crippen LogP) is 3.46. The molecule has 1 aromatic heterocycles. The van der Waals surface area contributed by atoms with Gasteiger partial charge in [-0.15, -0.1) is 0 Å². The summed E-state index contributed by atoms with van der Waals surface area (Å²) in [6.45, 7) is 3.10. The molecule has 1 aromatic rings. The molecule has 0 unspecified atom stereocenters. The van der Waals surface area contributed by atoms with Gasteiger partial charge >= 0.3 is 0 Å². The number of nitrogens with one attached hydrogen (secondary N) is 1. The standard InChI is InChI=1S/C11H16BrNO/c1-2-11(6-3-7-11)13-8-9-4-5-10(12)14-9/h4-5,13H,2-3,6-8H2,1H3. The van der Waals surface area contributed by atoms with Crippen molar-refractivity contribution in [2.45, 2.75) is 44.7 Å². The number of furan rings is 1. The van der Waals surface area contributed by atoms with E-state index in [9.17, 15) is 0 Å². The number of halogens is 1. The fourth-order valence-electron chi connectivity index (χ4n) is 1.98. The average molecular weight is 258 g/mol. The average Bonchev–Trinajstić information content (AvgIpc) is 2.50. The molecule has 3 heteroatoms. The maximum absolute atomic E-state index is 5.45. The van der Waals surface area contributed by atoms with E-state index in [1.807, 2.05) is 12.1 Å². The molecule has 0 spiro atoms. The molecule has 1 N–H and O–H groups in total. The van der Waals surface area contributed by atoms with Crippen LogP contribution >= 0.6 is 15.9 Å². The molecule has 0 atom stereocenters. The molecule has 0 radical (unpaired) electrons. The second-order valence-corrected chi connectivity index (χ2v) is 4.83. The minimum Gasteiger partial charge on any atom is -0.453 e. The first-order valence-electron chi connectivity index (χ1n) is 5.23. The molecule has 1 fully saturated rings. The third kappa shape index (κ3) is 2.04. The van der Waals surface area contributed by atoms with E-state index in [-0.39, 0.29) is 0 Å². The van der Waals surface area contributed by atoms with E-state index in [1.54, 1.807) is 0 Å². The van der Waals surface area contributed by atoms with Crippen LogP contribution in [0, 0.1) is 0 Å². The van der Waals surface area contributed by atoms with E-state index in [1.165, 1.54) is 25.7 Å². The molecular weight excluding hydrogens is 242 g/mol. The monoisotopic (exact) mass is 257 g/mol. The van der Waals surface area contributed by atoms with Gasteiger partial charge in [0.05, 0.1) is 6.54 Å². The smallest absolute Gasteiger partial charge is 0.169 e. The maximum Gasteiger partial charge on any atom is 0.169 e. The lowest BCUT2D eigenvalue weighted by atomic mass is 9.75. The first-order valence-corrected chi connectivity index (χ1v) is 6.03. The lowest BCUT2D eigenvalue weighted by molar-refractivity contribution is 0.171. The zero-order valence-corrected chi connectivity index (χ0v) is 10.1. The minimum atomic E-state index is 0.402. The van der Waals surface area contributed by atoms with Crippen molar-refractivity contribution in [3.05, 3.63) is 22.6 Å². The topological polar surface area (TPSA) is 25.2 Å². The highest BCUT2D eigenvalue weighted by atomic mass is 79.9. The summed E-state index contributed by atoms with van der Waals surface area (Å²) in [5.41, 5.74) is 0.402. The number of rotatable bonds is 4. The molecule has 1 aliphatic rings. The fraction of sp³-hybridized carbons (Fsp3) is 0.636. The minimum absolute atomic E-state index is 0.402. The Balaban J connectivity index is 1.87. The van der Waals surface area contributed by atoms with Crippen molar-refractivity contribution in [2.24, 2.45) is 0 Å². The van der Waals surface area contributed by atoms with Gasteiger partial charge in [-0.2, -0.15) is 0 Å². The molecule has 0 amide bonds. The molecule has 0 bridgehead atoms. The van der Waals surface area contributed by atoms with Gasteiger partial charge in [-0.1, -0.05) is 6.92 Å². The van der Waals surface area contributed by atoms with E-state index in [0.29, 0.717) is 5.54 Å². The summed E-state index contributed by atoms with van der Waals surface area (Å²) in [4.78, 5) is 0. The Morgan fingerprint density at radius 3 is 2.71 bits per heavy atom. The van der Waals surface area contributed by atoms with Crippen LogP contribution in [0.2, 0.25) is 0 Å². The molecule has 78 valence electrons. The van der Waals surface area contributed by atoms with Crippen LogP contribution in [0.3, 0.4) is 0 Å². The Hall–Kier alpha value is -0.280. The first-order chi connectivity index (χ1) is 6.74. The summed E-state index contributed by atoms with van der Waals surface area (Å²) in [6, 6.07) is 3.95. The summed E-state index contributed by atoms with van der Waals surface area (Å²) in [6.07, 6.45) is 5.20. The van der Waals surface area contributed by atoms with Crippen LogP contribution in [0.4, 0.5) is 0 Å². The first kappa shape index (κ1) is 10.2. The van der Waals surface area contributed by atoms with Gasteiger partial charge in [-0.3, -0.25) is 0 Å². The Bertz CT molecular complexity index is 298. The molecule has 0 saturated heterocycles. The van der Waals surface area contributed by atoms with Gasteiger partial charge in [0.15, 0.2) is 4.67 Å². The Morgan fingerprint density at radius 1 is 1.50 bits per heavy atom. The van der Waals surface area contributed by atoms with E-state index in [4.69, 9.17) is 4.42 Å². The van der Waals surface area contributed by atoms with Crippen LogP contribution < -0.4 is 5.32 Å². The fourth-order valence-corrected chi connectivity index (χ4v) is 2.32. The highest BCUT2D eigenvalue weighted by Gasteiger charge is 2.34. The second-order valence-electron chi connectivity index (χ2n) is 4.05. The van der Waals surface area contributed by atoms with Crippen LogP contribution in [0.1, 0.15) is 38.4 Å². The van der Waals surface area contributed by atoms with Gasteiger partial charge in [-0.05, 0) is 53.7 Å². The maximum atomic E-state index is 5.45. The SMILES string of the molecule is CCC1(NCc2ccc(Br)o2)CCC1. The van der Waals surface area contributed by atoms with Crippen molar-refractivity contribution in [2.75, 3.05) is 0 Å². The van der Waals surface area contributed by atoms with Crippen molar-refractivity contribution >= 4 is 15.9 Å². The number of hydrogen-bond acceptors (Lipinski definition) is 2. The van der Waals surface area contributed by atoms with Crippen molar-refractivity contribution in [1.29, 1.82) is 0 Å². The summed E-state index contributed by atoms with van der Waals surface area (Å²) in [5, 5.41) is 3.60. The summed E-state index contributed by atoms with van der Waals surface area (Å²) in [7, 11) is 0. The third-order valence-electron chi connectivity index (χ3n) is 3.25. The van der Waals surface area contributed by atoms with E-state index in [0.717, 1.165) is 17.0 Å². The van der Waals surface area contributed by atoms with E-state index in [2.05, 4.69) is 28.2 Å². The van der Waals surface area contributed by atoms with Crippen molar-refractivity contribution < 1.29 is 4.42 Å². The summed E-state index contributed by atoms with van der Waals surface area (Å²) < 4.78 is 6.26. The predicted molar refractivity (Wildman–Crippen MR) is 60.1 cm³/mol. The van der Waals surface area contributed by atoms with Crippen LogP contribution in [0.5, 0.6) is 0 Å². The number of hydrogen-bond donors (Lipinski definition) is 1. The van der Waals surface area contributed by atoms with Crippen LogP contribution in [-0.2, 0) is 6.54 Å². The quantitative estimate of drug-likeness (QED) is 0.894. The molecule has 2 nitrogen and oxygen atoms in total. The molecular formula is C11H16BrNO. The highest BCUT2D eigenvalue weighted by molar-refractivity contribution is 9.10. The Kier molecular flexibility index (Phi) is 2.98. The summed E-state index contributed by atoms with van der Waals surface area (Å²) in [5.74, 6) is 1.01. The Labute approximate surface area is 93.2 Å². The van der Waals surface area contributed by atoms with Crippen LogP contribution in [-0.4, -0.2) is 5.54 Å². The largest absolute Gasteiger partial charge is 0.453 e. The van der Waals surface area contributed by atoms with Crippen molar-refractivity contribution in [3.63, 3.8) is 0 Å². The van der Waals surface area contributed by atoms with Crippen LogP contribution in [0.25, 0.3) is 0 Å². The zero-order chi connectivity index (χ0) is 10.0. The van der Waals surface area contributed by atoms with Crippen molar-refractivity contribution in [1.82, 2.24) is 5.32 Å². The zero-order valence-electron chi connectivity index (χ0n) is 8.48. The summed E-state index contributed by atoms with van der Waals surface area (Å²) >= 11 is 3.31. The van der Waals surface area contributed by atoms with Crippen molar-refractivity contribution in [3.8, 4) is 0 Å². The van der Waals surface area contributed by atoms with Gasteiger partial charge in [0.2, 0.25) is 0 Å². The highest BCUT2D eigenvalue weighted by Crippen LogP contribution is 2.34. The molecule has 0 aromatic carbocycles. The normalized spacial score (nSPS) is 19.3. The lowest BCUT2D eigenvalue weighted by Crippen LogP contribution is -2.49. The van der Waals surface area contributed by atoms with Gasteiger partial charge < -0.3 is 9.73 Å².